The second kappa shape index (κ2) is 5.51. The first-order valence-electron chi connectivity index (χ1n) is 5.29. The quantitative estimate of drug-likeness (QED) is 0.814. The van der Waals surface area contributed by atoms with Gasteiger partial charge in [-0.1, -0.05) is 6.92 Å². The average molecular weight is 222 g/mol. The molecule has 0 bridgehead atoms. The van der Waals surface area contributed by atoms with Crippen molar-refractivity contribution >= 4 is 11.6 Å². The van der Waals surface area contributed by atoms with Crippen LogP contribution >= 0.6 is 0 Å². The van der Waals surface area contributed by atoms with Gasteiger partial charge in [0.1, 0.15) is 5.75 Å². The Morgan fingerprint density at radius 1 is 1.56 bits per heavy atom. The number of anilines is 1. The van der Waals surface area contributed by atoms with Crippen molar-refractivity contribution in [2.45, 2.75) is 26.3 Å². The van der Waals surface area contributed by atoms with Gasteiger partial charge in [-0.25, -0.2) is 0 Å². The second-order valence-corrected chi connectivity index (χ2v) is 3.68. The van der Waals surface area contributed by atoms with Gasteiger partial charge < -0.3 is 15.8 Å². The maximum atomic E-state index is 11.6. The van der Waals surface area contributed by atoms with Crippen molar-refractivity contribution in [1.29, 1.82) is 0 Å². The molecule has 1 aromatic rings. The van der Waals surface area contributed by atoms with Gasteiger partial charge in [0.2, 0.25) is 5.91 Å². The molecule has 0 unspecified atom stereocenters. The number of nitrogens with two attached hydrogens (primary N) is 1. The highest BCUT2D eigenvalue weighted by molar-refractivity contribution is 5.95. The van der Waals surface area contributed by atoms with Crippen LogP contribution in [0, 0.1) is 6.92 Å². The predicted molar refractivity (Wildman–Crippen MR) is 64.6 cm³/mol. The van der Waals surface area contributed by atoms with E-state index in [1.807, 2.05) is 26.0 Å². The summed E-state index contributed by atoms with van der Waals surface area (Å²) >= 11 is 0. The summed E-state index contributed by atoms with van der Waals surface area (Å²) in [5, 5.41) is 2.79. The van der Waals surface area contributed by atoms with Crippen LogP contribution in [-0.2, 0) is 4.79 Å². The number of rotatable bonds is 4. The molecule has 3 N–H and O–H groups in total. The highest BCUT2D eigenvalue weighted by Crippen LogP contribution is 2.21. The Hall–Kier alpha value is -1.55. The Bertz CT molecular complexity index is 377. The molecule has 0 fully saturated rings. The third-order valence-electron chi connectivity index (χ3n) is 2.47. The van der Waals surface area contributed by atoms with Crippen LogP contribution in [-0.4, -0.2) is 19.1 Å². The molecule has 4 heteroatoms. The zero-order chi connectivity index (χ0) is 12.1. The predicted octanol–water partition coefficient (Wildman–Crippen LogP) is 1.68. The van der Waals surface area contributed by atoms with Gasteiger partial charge in [-0.2, -0.15) is 0 Å². The zero-order valence-electron chi connectivity index (χ0n) is 9.91. The summed E-state index contributed by atoms with van der Waals surface area (Å²) in [6.45, 7) is 3.79. The van der Waals surface area contributed by atoms with Crippen LogP contribution in [0.3, 0.4) is 0 Å². The van der Waals surface area contributed by atoms with Gasteiger partial charge in [0.05, 0.1) is 13.2 Å². The Kier molecular flexibility index (Phi) is 4.31. The van der Waals surface area contributed by atoms with E-state index in [4.69, 9.17) is 10.5 Å². The van der Waals surface area contributed by atoms with E-state index < -0.39 is 6.04 Å². The van der Waals surface area contributed by atoms with Crippen LogP contribution in [0.2, 0.25) is 0 Å². The summed E-state index contributed by atoms with van der Waals surface area (Å²) in [6, 6.07) is 5.03. The fourth-order valence-corrected chi connectivity index (χ4v) is 1.31. The second-order valence-electron chi connectivity index (χ2n) is 3.68. The minimum Gasteiger partial charge on any atom is -0.497 e. The van der Waals surface area contributed by atoms with E-state index in [0.29, 0.717) is 6.42 Å². The molecule has 88 valence electrons. The van der Waals surface area contributed by atoms with Crippen LogP contribution < -0.4 is 15.8 Å². The van der Waals surface area contributed by atoms with E-state index in [-0.39, 0.29) is 5.91 Å². The normalized spacial score (nSPS) is 12.0. The van der Waals surface area contributed by atoms with Crippen molar-refractivity contribution in [2.24, 2.45) is 5.73 Å². The van der Waals surface area contributed by atoms with Crippen LogP contribution in [0.4, 0.5) is 5.69 Å². The van der Waals surface area contributed by atoms with Gasteiger partial charge in [-0.05, 0) is 37.1 Å². The first kappa shape index (κ1) is 12.5. The van der Waals surface area contributed by atoms with E-state index in [9.17, 15) is 4.79 Å². The number of aryl methyl sites for hydroxylation is 1. The van der Waals surface area contributed by atoms with Crippen molar-refractivity contribution in [3.05, 3.63) is 23.8 Å². The maximum absolute atomic E-state index is 11.6. The van der Waals surface area contributed by atoms with Crippen molar-refractivity contribution in [2.75, 3.05) is 12.4 Å². The van der Waals surface area contributed by atoms with Gasteiger partial charge in [-0.3, -0.25) is 4.79 Å². The molecule has 0 aliphatic carbocycles. The number of carbonyl (C=O) groups excluding carboxylic acids is 1. The summed E-state index contributed by atoms with van der Waals surface area (Å²) in [5.74, 6) is 0.617. The summed E-state index contributed by atoms with van der Waals surface area (Å²) in [6.07, 6.45) is 0.626. The first-order chi connectivity index (χ1) is 7.58. The molecule has 1 rings (SSSR count). The molecule has 1 amide bonds. The maximum Gasteiger partial charge on any atom is 0.241 e. The summed E-state index contributed by atoms with van der Waals surface area (Å²) in [5.41, 5.74) is 7.36. The van der Waals surface area contributed by atoms with E-state index in [1.165, 1.54) is 0 Å². The highest BCUT2D eigenvalue weighted by Gasteiger charge is 2.12. The van der Waals surface area contributed by atoms with E-state index in [0.717, 1.165) is 17.0 Å². The Balaban J connectivity index is 2.78. The van der Waals surface area contributed by atoms with Crippen molar-refractivity contribution in [3.8, 4) is 5.75 Å². The van der Waals surface area contributed by atoms with Crippen LogP contribution in [0.25, 0.3) is 0 Å². The fraction of sp³-hybridized carbons (Fsp3) is 0.417. The third kappa shape index (κ3) is 2.97. The van der Waals surface area contributed by atoms with Crippen molar-refractivity contribution in [3.63, 3.8) is 0 Å². The number of carbonyl (C=O) groups is 1. The van der Waals surface area contributed by atoms with Gasteiger partial charge in [0, 0.05) is 5.69 Å². The molecular weight excluding hydrogens is 204 g/mol. The summed E-state index contributed by atoms with van der Waals surface area (Å²) < 4.78 is 5.09. The highest BCUT2D eigenvalue weighted by atomic mass is 16.5. The average Bonchev–Trinajstić information content (AvgIpc) is 2.30. The number of ether oxygens (including phenoxy) is 1. The van der Waals surface area contributed by atoms with Crippen molar-refractivity contribution < 1.29 is 9.53 Å². The molecule has 1 atom stereocenters. The van der Waals surface area contributed by atoms with E-state index >= 15 is 0 Å². The molecule has 0 saturated heterocycles. The molecule has 0 saturated carbocycles. The van der Waals surface area contributed by atoms with Crippen LogP contribution in [0.1, 0.15) is 18.9 Å². The van der Waals surface area contributed by atoms with Gasteiger partial charge in [0.15, 0.2) is 0 Å². The number of hydrogen-bond acceptors (Lipinski definition) is 3. The molecule has 4 nitrogen and oxygen atoms in total. The summed E-state index contributed by atoms with van der Waals surface area (Å²) in [7, 11) is 1.61. The largest absolute Gasteiger partial charge is 0.497 e. The molecular formula is C12H18N2O2. The molecule has 1 aromatic carbocycles. The van der Waals surface area contributed by atoms with Gasteiger partial charge in [-0.15, -0.1) is 0 Å². The van der Waals surface area contributed by atoms with Crippen LogP contribution in [0.15, 0.2) is 18.2 Å². The lowest BCUT2D eigenvalue weighted by Gasteiger charge is -2.12. The number of nitrogens with one attached hydrogen (secondary N) is 1. The Labute approximate surface area is 95.8 Å². The zero-order valence-corrected chi connectivity index (χ0v) is 9.91. The number of methoxy groups -OCH3 is 1. The van der Waals surface area contributed by atoms with Gasteiger partial charge >= 0.3 is 0 Å². The molecule has 0 spiro atoms. The molecule has 0 aromatic heterocycles. The van der Waals surface area contributed by atoms with Crippen LogP contribution in [0.5, 0.6) is 5.75 Å². The molecule has 0 radical (unpaired) electrons. The Morgan fingerprint density at radius 3 is 2.75 bits per heavy atom. The molecule has 0 aliphatic heterocycles. The molecule has 0 aliphatic rings. The van der Waals surface area contributed by atoms with E-state index in [1.54, 1.807) is 13.2 Å². The fourth-order valence-electron chi connectivity index (χ4n) is 1.31. The number of amides is 1. The molecule has 0 heterocycles. The minimum atomic E-state index is -0.457. The number of hydrogen-bond donors (Lipinski definition) is 2. The first-order valence-corrected chi connectivity index (χ1v) is 5.29. The standard InChI is InChI=1S/C12H18N2O2/c1-4-10(13)12(15)14-11-6-5-9(16-3)7-8(11)2/h5-7,10H,4,13H2,1-3H3,(H,14,15)/t10-/m1/s1. The lowest BCUT2D eigenvalue weighted by atomic mass is 10.1. The lowest BCUT2D eigenvalue weighted by Crippen LogP contribution is -2.34. The molecule has 16 heavy (non-hydrogen) atoms. The lowest BCUT2D eigenvalue weighted by molar-refractivity contribution is -0.117. The SMILES string of the molecule is CC[C@@H](N)C(=O)Nc1ccc(OC)cc1C. The topological polar surface area (TPSA) is 64.4 Å². The number of benzene rings is 1. The monoisotopic (exact) mass is 222 g/mol. The van der Waals surface area contributed by atoms with Crippen molar-refractivity contribution in [1.82, 2.24) is 0 Å². The van der Waals surface area contributed by atoms with E-state index in [2.05, 4.69) is 5.32 Å². The summed E-state index contributed by atoms with van der Waals surface area (Å²) in [4.78, 5) is 11.6. The van der Waals surface area contributed by atoms with Gasteiger partial charge in [0.25, 0.3) is 0 Å². The third-order valence-corrected chi connectivity index (χ3v) is 2.47. The smallest absolute Gasteiger partial charge is 0.241 e. The Morgan fingerprint density at radius 2 is 2.25 bits per heavy atom. The minimum absolute atomic E-state index is 0.157.